The van der Waals surface area contributed by atoms with Crippen LogP contribution in [0.15, 0.2) is 53.0 Å². The molecule has 2 aromatic carbocycles. The van der Waals surface area contributed by atoms with Crippen molar-refractivity contribution < 1.29 is 4.74 Å². The maximum atomic E-state index is 5.33. The minimum Gasteiger partial charge on any atom is -0.496 e. The summed E-state index contributed by atoms with van der Waals surface area (Å²) in [6.45, 7) is 2.94. The average Bonchev–Trinajstić information content (AvgIpc) is 3.06. The van der Waals surface area contributed by atoms with Crippen molar-refractivity contribution in [2.24, 2.45) is 0 Å². The molecule has 0 radical (unpaired) electrons. The van der Waals surface area contributed by atoms with Crippen molar-refractivity contribution in [3.63, 3.8) is 0 Å². The summed E-state index contributed by atoms with van der Waals surface area (Å²) in [5, 5.41) is 7.83. The van der Waals surface area contributed by atoms with Crippen molar-refractivity contribution in [2.45, 2.75) is 19.5 Å². The number of nitrogens with one attached hydrogen (secondary N) is 1. The summed E-state index contributed by atoms with van der Waals surface area (Å²) in [6.07, 6.45) is 1.01. The summed E-state index contributed by atoms with van der Waals surface area (Å²) in [5.74, 6) is 0.832. The van der Waals surface area contributed by atoms with Crippen LogP contribution in [-0.2, 0) is 19.5 Å². The summed E-state index contributed by atoms with van der Waals surface area (Å²) in [5.41, 5.74) is 6.05. The van der Waals surface area contributed by atoms with Gasteiger partial charge in [-0.15, -0.1) is 0 Å². The summed E-state index contributed by atoms with van der Waals surface area (Å²) < 4.78 is 6.28. The number of hydrogen-bond donors (Lipinski definition) is 1. The SMILES string of the molecule is COc1ccc(-c2n[nH]c3c2CN(Cc2ccccc2)CC3)cc1Br. The van der Waals surface area contributed by atoms with Crippen LogP contribution in [0.25, 0.3) is 11.3 Å². The number of H-pyrrole nitrogens is 1. The molecule has 0 saturated carbocycles. The van der Waals surface area contributed by atoms with Gasteiger partial charge in [0.05, 0.1) is 17.3 Å². The minimum absolute atomic E-state index is 0.832. The molecule has 4 nitrogen and oxygen atoms in total. The number of methoxy groups -OCH3 is 1. The second-order valence-corrected chi connectivity index (χ2v) is 7.18. The van der Waals surface area contributed by atoms with E-state index < -0.39 is 0 Å². The standard InChI is InChI=1S/C20H20BrN3O/c1-25-19-8-7-15(11-17(19)21)20-16-13-24(10-9-18(16)22-23-20)12-14-5-3-2-4-6-14/h2-8,11H,9-10,12-13H2,1H3,(H,22,23). The van der Waals surface area contributed by atoms with Crippen molar-refractivity contribution in [1.29, 1.82) is 0 Å². The number of aromatic amines is 1. The third-order valence-electron chi connectivity index (χ3n) is 4.69. The Balaban J connectivity index is 1.60. The molecule has 0 aliphatic carbocycles. The molecule has 0 spiro atoms. The molecule has 0 atom stereocenters. The molecule has 128 valence electrons. The first kappa shape index (κ1) is 16.4. The largest absolute Gasteiger partial charge is 0.496 e. The number of halogens is 1. The molecule has 1 aliphatic rings. The summed E-state index contributed by atoms with van der Waals surface area (Å²) in [6, 6.07) is 16.8. The highest BCUT2D eigenvalue weighted by molar-refractivity contribution is 9.10. The molecule has 1 aliphatic heterocycles. The van der Waals surface area contributed by atoms with E-state index in [0.717, 1.165) is 47.5 Å². The molecular formula is C20H20BrN3O. The van der Waals surface area contributed by atoms with Crippen LogP contribution in [-0.4, -0.2) is 28.8 Å². The zero-order valence-electron chi connectivity index (χ0n) is 14.1. The number of fused-ring (bicyclic) bond motifs is 1. The van der Waals surface area contributed by atoms with Crippen molar-refractivity contribution >= 4 is 15.9 Å². The summed E-state index contributed by atoms with van der Waals surface area (Å²) in [4.78, 5) is 2.48. The molecular weight excluding hydrogens is 378 g/mol. The molecule has 0 amide bonds. The molecule has 1 N–H and O–H groups in total. The molecule has 2 heterocycles. The normalized spacial score (nSPS) is 14.3. The average molecular weight is 398 g/mol. The maximum Gasteiger partial charge on any atom is 0.133 e. The van der Waals surface area contributed by atoms with Gasteiger partial charge in [-0.25, -0.2) is 0 Å². The molecule has 3 aromatic rings. The first-order valence-corrected chi connectivity index (χ1v) is 9.20. The van der Waals surface area contributed by atoms with Gasteiger partial charge in [-0.3, -0.25) is 10.00 Å². The Labute approximate surface area is 156 Å². The van der Waals surface area contributed by atoms with Crippen LogP contribution in [0.2, 0.25) is 0 Å². The maximum absolute atomic E-state index is 5.33. The first-order valence-electron chi connectivity index (χ1n) is 8.41. The highest BCUT2D eigenvalue weighted by Gasteiger charge is 2.23. The second-order valence-electron chi connectivity index (χ2n) is 6.32. The lowest BCUT2D eigenvalue weighted by Crippen LogP contribution is -2.29. The third kappa shape index (κ3) is 3.34. The molecule has 0 fully saturated rings. The monoisotopic (exact) mass is 397 g/mol. The van der Waals surface area contributed by atoms with Crippen molar-refractivity contribution in [3.05, 3.63) is 69.8 Å². The predicted molar refractivity (Wildman–Crippen MR) is 103 cm³/mol. The van der Waals surface area contributed by atoms with Gasteiger partial charge in [0.25, 0.3) is 0 Å². The van der Waals surface area contributed by atoms with Crippen LogP contribution in [0.3, 0.4) is 0 Å². The van der Waals surface area contributed by atoms with Crippen LogP contribution in [0, 0.1) is 0 Å². The van der Waals surface area contributed by atoms with Crippen LogP contribution >= 0.6 is 15.9 Å². The van der Waals surface area contributed by atoms with E-state index in [-0.39, 0.29) is 0 Å². The molecule has 5 heteroatoms. The Morgan fingerprint density at radius 3 is 2.80 bits per heavy atom. The molecule has 4 rings (SSSR count). The lowest BCUT2D eigenvalue weighted by molar-refractivity contribution is 0.245. The fourth-order valence-electron chi connectivity index (χ4n) is 3.38. The van der Waals surface area contributed by atoms with Gasteiger partial charge in [-0.05, 0) is 39.7 Å². The highest BCUT2D eigenvalue weighted by atomic mass is 79.9. The van der Waals surface area contributed by atoms with Crippen LogP contribution in [0.5, 0.6) is 5.75 Å². The van der Waals surface area contributed by atoms with Gasteiger partial charge >= 0.3 is 0 Å². The number of ether oxygens (including phenoxy) is 1. The van der Waals surface area contributed by atoms with Gasteiger partial charge in [0.1, 0.15) is 5.75 Å². The summed E-state index contributed by atoms with van der Waals surface area (Å²) in [7, 11) is 1.68. The fourth-order valence-corrected chi connectivity index (χ4v) is 3.92. The summed E-state index contributed by atoms with van der Waals surface area (Å²) >= 11 is 3.57. The number of benzene rings is 2. The van der Waals surface area contributed by atoms with E-state index in [9.17, 15) is 0 Å². The first-order chi connectivity index (χ1) is 12.2. The van der Waals surface area contributed by atoms with Gasteiger partial charge in [0.15, 0.2) is 0 Å². The quantitative estimate of drug-likeness (QED) is 0.708. The van der Waals surface area contributed by atoms with E-state index in [4.69, 9.17) is 4.74 Å². The number of nitrogens with zero attached hydrogens (tertiary/aromatic N) is 2. The van der Waals surface area contributed by atoms with E-state index in [1.54, 1.807) is 7.11 Å². The topological polar surface area (TPSA) is 41.1 Å². The van der Waals surface area contributed by atoms with E-state index in [2.05, 4.69) is 73.5 Å². The molecule has 0 unspecified atom stereocenters. The van der Waals surface area contributed by atoms with E-state index >= 15 is 0 Å². The highest BCUT2D eigenvalue weighted by Crippen LogP contribution is 2.33. The zero-order valence-corrected chi connectivity index (χ0v) is 15.7. The van der Waals surface area contributed by atoms with Gasteiger partial charge in [-0.1, -0.05) is 30.3 Å². The Morgan fingerprint density at radius 2 is 2.04 bits per heavy atom. The fraction of sp³-hybridized carbons (Fsp3) is 0.250. The van der Waals surface area contributed by atoms with Crippen LogP contribution in [0.1, 0.15) is 16.8 Å². The molecule has 0 saturated heterocycles. The number of rotatable bonds is 4. The predicted octanol–water partition coefficient (Wildman–Crippen LogP) is 4.41. The van der Waals surface area contributed by atoms with Gasteiger partial charge in [-0.2, -0.15) is 5.10 Å². The minimum atomic E-state index is 0.832. The van der Waals surface area contributed by atoms with Crippen LogP contribution < -0.4 is 4.74 Å². The Bertz CT molecular complexity index is 876. The van der Waals surface area contributed by atoms with Gasteiger partial charge in [0.2, 0.25) is 0 Å². The second kappa shape index (κ2) is 7.02. The van der Waals surface area contributed by atoms with E-state index in [0.29, 0.717) is 0 Å². The van der Waals surface area contributed by atoms with Crippen molar-refractivity contribution in [1.82, 2.24) is 15.1 Å². The molecule has 1 aromatic heterocycles. The Kier molecular flexibility index (Phi) is 4.59. The van der Waals surface area contributed by atoms with Crippen LogP contribution in [0.4, 0.5) is 0 Å². The Hall–Kier alpha value is -2.11. The molecule has 25 heavy (non-hydrogen) atoms. The van der Waals surface area contributed by atoms with Gasteiger partial charge in [0, 0.05) is 42.9 Å². The van der Waals surface area contributed by atoms with E-state index in [1.165, 1.54) is 16.8 Å². The van der Waals surface area contributed by atoms with Crippen molar-refractivity contribution in [3.8, 4) is 17.0 Å². The third-order valence-corrected chi connectivity index (χ3v) is 5.31. The molecule has 0 bridgehead atoms. The smallest absolute Gasteiger partial charge is 0.133 e. The number of aromatic nitrogens is 2. The van der Waals surface area contributed by atoms with Crippen molar-refractivity contribution in [2.75, 3.05) is 13.7 Å². The number of hydrogen-bond acceptors (Lipinski definition) is 3. The lowest BCUT2D eigenvalue weighted by Gasteiger charge is -2.27. The van der Waals surface area contributed by atoms with E-state index in [1.807, 2.05) is 6.07 Å². The zero-order chi connectivity index (χ0) is 17.2. The Morgan fingerprint density at radius 1 is 1.20 bits per heavy atom. The lowest BCUT2D eigenvalue weighted by atomic mass is 10.0. The van der Waals surface area contributed by atoms with Gasteiger partial charge < -0.3 is 4.74 Å².